The lowest BCUT2D eigenvalue weighted by molar-refractivity contribution is 0.102. The van der Waals surface area contributed by atoms with E-state index in [-0.39, 0.29) is 5.91 Å². The molecule has 1 N–H and O–H groups in total. The van der Waals surface area contributed by atoms with Crippen molar-refractivity contribution in [2.75, 3.05) is 5.32 Å². The Morgan fingerprint density at radius 1 is 1.04 bits per heavy atom. The fourth-order valence-corrected chi connectivity index (χ4v) is 2.94. The summed E-state index contributed by atoms with van der Waals surface area (Å²) in [6, 6.07) is 17.3. The highest BCUT2D eigenvalue weighted by Crippen LogP contribution is 2.20. The molecule has 3 aromatic heterocycles. The van der Waals surface area contributed by atoms with Gasteiger partial charge >= 0.3 is 0 Å². The molecule has 0 saturated carbocycles. The minimum atomic E-state index is -0.274. The van der Waals surface area contributed by atoms with Crippen LogP contribution in [0.5, 0.6) is 0 Å². The zero-order chi connectivity index (χ0) is 18.6. The normalized spacial score (nSPS) is 10.9. The molecule has 134 valence electrons. The summed E-state index contributed by atoms with van der Waals surface area (Å²) in [5, 5.41) is 2.90. The van der Waals surface area contributed by atoms with Crippen LogP contribution in [-0.4, -0.2) is 25.4 Å². The average molecular weight is 357 g/mol. The van der Waals surface area contributed by atoms with E-state index in [1.807, 2.05) is 60.0 Å². The Labute approximate surface area is 156 Å². The van der Waals surface area contributed by atoms with E-state index in [1.54, 1.807) is 18.5 Å². The molecule has 0 radical (unpaired) electrons. The number of amides is 1. The minimum Gasteiger partial charge on any atom is -0.310 e. The van der Waals surface area contributed by atoms with E-state index < -0.39 is 0 Å². The molecule has 6 nitrogen and oxygen atoms in total. The lowest BCUT2D eigenvalue weighted by atomic mass is 10.2. The van der Waals surface area contributed by atoms with Crippen molar-refractivity contribution in [1.29, 1.82) is 0 Å². The molecule has 0 fully saturated rings. The summed E-state index contributed by atoms with van der Waals surface area (Å²) in [4.78, 5) is 25.7. The van der Waals surface area contributed by atoms with Gasteiger partial charge in [0.15, 0.2) is 0 Å². The fourth-order valence-electron chi connectivity index (χ4n) is 2.94. The van der Waals surface area contributed by atoms with Gasteiger partial charge in [-0.3, -0.25) is 20.1 Å². The molecule has 4 rings (SSSR count). The summed E-state index contributed by atoms with van der Waals surface area (Å²) >= 11 is 0. The Hall–Kier alpha value is -3.54. The first-order chi connectivity index (χ1) is 13.2. The van der Waals surface area contributed by atoms with E-state index in [1.165, 1.54) is 0 Å². The molecule has 0 bridgehead atoms. The van der Waals surface area contributed by atoms with E-state index in [9.17, 15) is 4.79 Å². The number of para-hydroxylation sites is 2. The fraction of sp³-hybridized carbons (Fsp3) is 0.143. The van der Waals surface area contributed by atoms with Crippen LogP contribution in [0.1, 0.15) is 21.7 Å². The third-order valence-electron chi connectivity index (χ3n) is 4.34. The maximum Gasteiger partial charge on any atom is 0.276 e. The van der Waals surface area contributed by atoms with Crippen molar-refractivity contribution in [2.24, 2.45) is 0 Å². The summed E-state index contributed by atoms with van der Waals surface area (Å²) in [6.07, 6.45) is 4.21. The second-order valence-corrected chi connectivity index (χ2v) is 6.32. The molecule has 0 atom stereocenters. The number of imidazole rings is 1. The van der Waals surface area contributed by atoms with Crippen LogP contribution in [0.4, 0.5) is 5.95 Å². The van der Waals surface area contributed by atoms with Gasteiger partial charge in [0, 0.05) is 31.1 Å². The Bertz CT molecular complexity index is 1070. The summed E-state index contributed by atoms with van der Waals surface area (Å²) in [6.45, 7) is 2.60. The number of carbonyl (C=O) groups is 1. The molecule has 4 aromatic rings. The molecule has 0 aliphatic carbocycles. The van der Waals surface area contributed by atoms with Crippen LogP contribution in [0.3, 0.4) is 0 Å². The molecular weight excluding hydrogens is 338 g/mol. The molecule has 0 aliphatic heterocycles. The Kier molecular flexibility index (Phi) is 4.61. The van der Waals surface area contributed by atoms with Crippen LogP contribution in [0.15, 0.2) is 67.0 Å². The van der Waals surface area contributed by atoms with Crippen LogP contribution >= 0.6 is 0 Å². The minimum absolute atomic E-state index is 0.274. The number of rotatable bonds is 5. The quantitative estimate of drug-likeness (QED) is 0.592. The highest BCUT2D eigenvalue weighted by molar-refractivity contribution is 6.02. The second-order valence-electron chi connectivity index (χ2n) is 6.32. The number of hydrogen-bond donors (Lipinski definition) is 1. The summed E-state index contributed by atoms with van der Waals surface area (Å²) < 4.78 is 2.01. The number of anilines is 1. The van der Waals surface area contributed by atoms with Gasteiger partial charge in [-0.15, -0.1) is 0 Å². The monoisotopic (exact) mass is 357 g/mol. The highest BCUT2D eigenvalue weighted by Gasteiger charge is 2.15. The van der Waals surface area contributed by atoms with E-state index in [0.29, 0.717) is 18.2 Å². The Morgan fingerprint density at radius 3 is 2.67 bits per heavy atom. The van der Waals surface area contributed by atoms with Gasteiger partial charge in [0.2, 0.25) is 5.95 Å². The van der Waals surface area contributed by atoms with Gasteiger partial charge in [0.1, 0.15) is 5.69 Å². The highest BCUT2D eigenvalue weighted by atomic mass is 16.2. The number of hydrogen-bond acceptors (Lipinski definition) is 4. The van der Waals surface area contributed by atoms with Crippen molar-refractivity contribution in [3.05, 3.63) is 83.9 Å². The molecule has 0 saturated heterocycles. The molecule has 27 heavy (non-hydrogen) atoms. The molecule has 1 aromatic carbocycles. The predicted octanol–water partition coefficient (Wildman–Crippen LogP) is 3.63. The van der Waals surface area contributed by atoms with Gasteiger partial charge in [-0.1, -0.05) is 24.3 Å². The predicted molar refractivity (Wildman–Crippen MR) is 105 cm³/mol. The lowest BCUT2D eigenvalue weighted by Gasteiger charge is -2.10. The number of nitrogens with zero attached hydrogens (tertiary/aromatic N) is 4. The first kappa shape index (κ1) is 16.9. The van der Waals surface area contributed by atoms with Gasteiger partial charge in [-0.2, -0.15) is 0 Å². The first-order valence-electron chi connectivity index (χ1n) is 8.80. The third kappa shape index (κ3) is 3.69. The number of benzene rings is 1. The van der Waals surface area contributed by atoms with E-state index in [0.717, 1.165) is 28.7 Å². The zero-order valence-electron chi connectivity index (χ0n) is 15.0. The van der Waals surface area contributed by atoms with Crippen molar-refractivity contribution >= 4 is 22.9 Å². The number of nitrogens with one attached hydrogen (secondary N) is 1. The van der Waals surface area contributed by atoms with Crippen LogP contribution in [0, 0.1) is 6.92 Å². The third-order valence-corrected chi connectivity index (χ3v) is 4.34. The summed E-state index contributed by atoms with van der Waals surface area (Å²) in [7, 11) is 0. The van der Waals surface area contributed by atoms with Gasteiger partial charge < -0.3 is 4.57 Å². The lowest BCUT2D eigenvalue weighted by Crippen LogP contribution is -2.17. The SMILES string of the molecule is Cc1ccc(C(=O)Nc2nc3ccccc3n2CCc2ccccn2)nc1. The zero-order valence-corrected chi connectivity index (χ0v) is 15.0. The van der Waals surface area contributed by atoms with Crippen molar-refractivity contribution in [3.63, 3.8) is 0 Å². The number of carbonyl (C=O) groups excluding carboxylic acids is 1. The van der Waals surface area contributed by atoms with Crippen LogP contribution in [-0.2, 0) is 13.0 Å². The summed E-state index contributed by atoms with van der Waals surface area (Å²) in [5.41, 5.74) is 4.18. The van der Waals surface area contributed by atoms with Crippen LogP contribution in [0.25, 0.3) is 11.0 Å². The Morgan fingerprint density at radius 2 is 1.89 bits per heavy atom. The maximum atomic E-state index is 12.6. The van der Waals surface area contributed by atoms with Crippen molar-refractivity contribution in [1.82, 2.24) is 19.5 Å². The molecule has 0 aliphatic rings. The largest absolute Gasteiger partial charge is 0.310 e. The van der Waals surface area contributed by atoms with Crippen LogP contribution < -0.4 is 5.32 Å². The molecule has 6 heteroatoms. The van der Waals surface area contributed by atoms with E-state index >= 15 is 0 Å². The maximum absolute atomic E-state index is 12.6. The molecule has 0 unspecified atom stereocenters. The molecular formula is C21H19N5O. The number of aromatic nitrogens is 4. The number of pyridine rings is 2. The smallest absolute Gasteiger partial charge is 0.276 e. The first-order valence-corrected chi connectivity index (χ1v) is 8.80. The van der Waals surface area contributed by atoms with Crippen molar-refractivity contribution in [3.8, 4) is 0 Å². The van der Waals surface area contributed by atoms with Gasteiger partial charge in [0.25, 0.3) is 5.91 Å². The van der Waals surface area contributed by atoms with Crippen molar-refractivity contribution in [2.45, 2.75) is 19.9 Å². The van der Waals surface area contributed by atoms with Gasteiger partial charge in [-0.25, -0.2) is 4.98 Å². The standard InChI is InChI=1S/C21H19N5O/c1-15-9-10-18(23-14-15)20(27)25-21-24-17-7-2-3-8-19(17)26(21)13-11-16-6-4-5-12-22-16/h2-10,12,14H,11,13H2,1H3,(H,24,25,27). The van der Waals surface area contributed by atoms with Gasteiger partial charge in [0.05, 0.1) is 11.0 Å². The molecule has 3 heterocycles. The topological polar surface area (TPSA) is 72.7 Å². The van der Waals surface area contributed by atoms with Gasteiger partial charge in [-0.05, 0) is 42.8 Å². The number of fused-ring (bicyclic) bond motifs is 1. The summed E-state index contributed by atoms with van der Waals surface area (Å²) in [5.74, 6) is 0.240. The van der Waals surface area contributed by atoms with E-state index in [2.05, 4.69) is 20.3 Å². The van der Waals surface area contributed by atoms with E-state index in [4.69, 9.17) is 0 Å². The van der Waals surface area contributed by atoms with Crippen LogP contribution in [0.2, 0.25) is 0 Å². The van der Waals surface area contributed by atoms with Crippen molar-refractivity contribution < 1.29 is 4.79 Å². The Balaban J connectivity index is 1.63. The second kappa shape index (κ2) is 7.37. The molecule has 1 amide bonds. The number of aryl methyl sites for hydroxylation is 3. The molecule has 0 spiro atoms. The average Bonchev–Trinajstić information content (AvgIpc) is 3.04.